The molecule has 0 bridgehead atoms. The van der Waals surface area contributed by atoms with Crippen molar-refractivity contribution in [1.82, 2.24) is 14.9 Å². The number of hydrogen-bond acceptors (Lipinski definition) is 2. The second-order valence-electron chi connectivity index (χ2n) is 4.49. The first-order valence-corrected chi connectivity index (χ1v) is 6.01. The maximum atomic E-state index is 4.65. The summed E-state index contributed by atoms with van der Waals surface area (Å²) in [6, 6.07) is 0.601. The highest BCUT2D eigenvalue weighted by Gasteiger charge is 2.20. The molecule has 0 amide bonds. The first-order valence-electron chi connectivity index (χ1n) is 6.01. The van der Waals surface area contributed by atoms with Gasteiger partial charge in [0.05, 0.1) is 5.69 Å². The zero-order chi connectivity index (χ0) is 10.8. The minimum Gasteiger partial charge on any atom is -0.329 e. The molecular weight excluding hydrogens is 186 g/mol. The Balaban J connectivity index is 2.32. The summed E-state index contributed by atoms with van der Waals surface area (Å²) >= 11 is 0. The van der Waals surface area contributed by atoms with Crippen LogP contribution in [0.15, 0.2) is 0 Å². The quantitative estimate of drug-likeness (QED) is 0.823. The van der Waals surface area contributed by atoms with Crippen molar-refractivity contribution in [2.75, 3.05) is 6.54 Å². The average molecular weight is 207 g/mol. The van der Waals surface area contributed by atoms with E-state index in [-0.39, 0.29) is 0 Å². The van der Waals surface area contributed by atoms with Crippen LogP contribution in [-0.2, 0) is 13.0 Å². The van der Waals surface area contributed by atoms with Crippen LogP contribution in [0.1, 0.15) is 49.9 Å². The molecule has 1 aromatic rings. The average Bonchev–Trinajstić information content (AvgIpc) is 2.54. The number of aromatic nitrogens is 2. The number of aryl methyl sites for hydroxylation is 1. The van der Waals surface area contributed by atoms with Crippen molar-refractivity contribution < 1.29 is 0 Å². The third kappa shape index (κ3) is 1.93. The number of nitrogens with zero attached hydrogens (tertiary/aromatic N) is 2. The Morgan fingerprint density at radius 2 is 2.33 bits per heavy atom. The van der Waals surface area contributed by atoms with Gasteiger partial charge >= 0.3 is 0 Å². The molecule has 84 valence electrons. The van der Waals surface area contributed by atoms with Crippen LogP contribution in [0.3, 0.4) is 0 Å². The summed E-state index contributed by atoms with van der Waals surface area (Å²) in [7, 11) is 0. The van der Waals surface area contributed by atoms with E-state index in [1.807, 2.05) is 0 Å². The molecule has 1 aliphatic heterocycles. The van der Waals surface area contributed by atoms with Gasteiger partial charge in [-0.05, 0) is 20.3 Å². The van der Waals surface area contributed by atoms with Crippen molar-refractivity contribution in [3.63, 3.8) is 0 Å². The fourth-order valence-electron chi connectivity index (χ4n) is 2.60. The lowest BCUT2D eigenvalue weighted by molar-refractivity contribution is 0.466. The molecule has 1 aliphatic rings. The zero-order valence-corrected chi connectivity index (χ0v) is 10.0. The summed E-state index contributed by atoms with van der Waals surface area (Å²) in [5.74, 6) is 1.18. The highest BCUT2D eigenvalue weighted by Crippen LogP contribution is 2.23. The van der Waals surface area contributed by atoms with E-state index in [0.29, 0.717) is 6.04 Å². The van der Waals surface area contributed by atoms with Crippen molar-refractivity contribution in [2.45, 2.75) is 52.6 Å². The Kier molecular flexibility index (Phi) is 3.10. The first kappa shape index (κ1) is 10.7. The molecule has 1 unspecified atom stereocenters. The molecule has 0 fully saturated rings. The molecule has 0 aliphatic carbocycles. The summed E-state index contributed by atoms with van der Waals surface area (Å²) in [6.07, 6.45) is 3.62. The third-order valence-corrected chi connectivity index (χ3v) is 3.25. The Labute approximate surface area is 91.9 Å². The van der Waals surface area contributed by atoms with E-state index in [2.05, 4.69) is 35.6 Å². The molecule has 2 rings (SSSR count). The lowest BCUT2D eigenvalue weighted by atomic mass is 10.1. The van der Waals surface area contributed by atoms with E-state index in [1.54, 1.807) is 0 Å². The van der Waals surface area contributed by atoms with Gasteiger partial charge in [0.25, 0.3) is 0 Å². The highest BCUT2D eigenvalue weighted by atomic mass is 15.1. The van der Waals surface area contributed by atoms with E-state index in [0.717, 1.165) is 19.5 Å². The Morgan fingerprint density at radius 3 is 3.07 bits per heavy atom. The minimum absolute atomic E-state index is 0.601. The first-order chi connectivity index (χ1) is 7.24. The van der Waals surface area contributed by atoms with E-state index in [1.165, 1.54) is 30.1 Å². The Morgan fingerprint density at radius 1 is 1.53 bits per heavy atom. The number of fused-ring (bicyclic) bond motifs is 1. The van der Waals surface area contributed by atoms with E-state index < -0.39 is 0 Å². The SMILES string of the molecule is CCCC(C)n1c(C)nc2c1CCNC2. The summed E-state index contributed by atoms with van der Waals surface area (Å²) in [5.41, 5.74) is 2.73. The van der Waals surface area contributed by atoms with Crippen LogP contribution in [0.2, 0.25) is 0 Å². The van der Waals surface area contributed by atoms with Gasteiger partial charge in [0.2, 0.25) is 0 Å². The van der Waals surface area contributed by atoms with Crippen molar-refractivity contribution in [1.29, 1.82) is 0 Å². The predicted molar refractivity (Wildman–Crippen MR) is 62.0 cm³/mol. The van der Waals surface area contributed by atoms with Gasteiger partial charge in [0.15, 0.2) is 0 Å². The van der Waals surface area contributed by atoms with Crippen molar-refractivity contribution in [2.24, 2.45) is 0 Å². The highest BCUT2D eigenvalue weighted by molar-refractivity contribution is 5.20. The van der Waals surface area contributed by atoms with Gasteiger partial charge in [-0.25, -0.2) is 4.98 Å². The van der Waals surface area contributed by atoms with Gasteiger partial charge in [-0.15, -0.1) is 0 Å². The van der Waals surface area contributed by atoms with Crippen molar-refractivity contribution >= 4 is 0 Å². The number of imidazole rings is 1. The molecule has 0 saturated carbocycles. The maximum Gasteiger partial charge on any atom is 0.106 e. The molecule has 1 aromatic heterocycles. The predicted octanol–water partition coefficient (Wildman–Crippen LogP) is 2.20. The van der Waals surface area contributed by atoms with Crippen LogP contribution < -0.4 is 5.32 Å². The minimum atomic E-state index is 0.601. The molecule has 15 heavy (non-hydrogen) atoms. The number of hydrogen-bond donors (Lipinski definition) is 1. The molecule has 0 aromatic carbocycles. The van der Waals surface area contributed by atoms with Crippen LogP contribution >= 0.6 is 0 Å². The monoisotopic (exact) mass is 207 g/mol. The van der Waals surface area contributed by atoms with E-state index in [9.17, 15) is 0 Å². The second-order valence-corrected chi connectivity index (χ2v) is 4.49. The molecule has 3 nitrogen and oxygen atoms in total. The summed E-state index contributed by atoms with van der Waals surface area (Å²) in [5, 5.41) is 3.38. The fourth-order valence-corrected chi connectivity index (χ4v) is 2.60. The topological polar surface area (TPSA) is 29.9 Å². The summed E-state index contributed by atoms with van der Waals surface area (Å²) in [4.78, 5) is 4.65. The van der Waals surface area contributed by atoms with Crippen LogP contribution in [0, 0.1) is 6.92 Å². The Hall–Kier alpha value is -0.830. The van der Waals surface area contributed by atoms with Crippen LogP contribution in [0.25, 0.3) is 0 Å². The summed E-state index contributed by atoms with van der Waals surface area (Å²) < 4.78 is 2.44. The lowest BCUT2D eigenvalue weighted by Crippen LogP contribution is -2.25. The van der Waals surface area contributed by atoms with Gasteiger partial charge < -0.3 is 9.88 Å². The van der Waals surface area contributed by atoms with E-state index in [4.69, 9.17) is 0 Å². The van der Waals surface area contributed by atoms with Gasteiger partial charge in [-0.1, -0.05) is 13.3 Å². The van der Waals surface area contributed by atoms with Gasteiger partial charge in [0.1, 0.15) is 5.82 Å². The zero-order valence-electron chi connectivity index (χ0n) is 10.0. The lowest BCUT2D eigenvalue weighted by Gasteiger charge is -2.20. The molecule has 1 atom stereocenters. The van der Waals surface area contributed by atoms with Crippen molar-refractivity contribution in [3.8, 4) is 0 Å². The largest absolute Gasteiger partial charge is 0.329 e. The van der Waals surface area contributed by atoms with E-state index >= 15 is 0 Å². The van der Waals surface area contributed by atoms with Gasteiger partial charge in [-0.2, -0.15) is 0 Å². The molecular formula is C12H21N3. The molecule has 1 N–H and O–H groups in total. The molecule has 0 saturated heterocycles. The molecule has 0 spiro atoms. The maximum absolute atomic E-state index is 4.65. The molecule has 0 radical (unpaired) electrons. The standard InChI is InChI=1S/C12H21N3/c1-4-5-9(2)15-10(3)14-11-8-13-7-6-12(11)15/h9,13H,4-8H2,1-3H3. The fraction of sp³-hybridized carbons (Fsp3) is 0.750. The Bertz CT molecular complexity index is 341. The van der Waals surface area contributed by atoms with Gasteiger partial charge in [-0.3, -0.25) is 0 Å². The second kappa shape index (κ2) is 4.35. The van der Waals surface area contributed by atoms with Gasteiger partial charge in [0, 0.05) is 31.2 Å². The number of nitrogens with one attached hydrogen (secondary N) is 1. The van der Waals surface area contributed by atoms with Crippen LogP contribution in [0.4, 0.5) is 0 Å². The molecule has 2 heterocycles. The van der Waals surface area contributed by atoms with Crippen LogP contribution in [-0.4, -0.2) is 16.1 Å². The third-order valence-electron chi connectivity index (χ3n) is 3.25. The smallest absolute Gasteiger partial charge is 0.106 e. The van der Waals surface area contributed by atoms with Crippen LogP contribution in [0.5, 0.6) is 0 Å². The van der Waals surface area contributed by atoms with Crippen molar-refractivity contribution in [3.05, 3.63) is 17.2 Å². The molecule has 3 heteroatoms. The number of rotatable bonds is 3. The normalized spacial score (nSPS) is 17.5. The summed E-state index contributed by atoms with van der Waals surface area (Å²) in [6.45, 7) is 8.72.